The van der Waals surface area contributed by atoms with Gasteiger partial charge in [0.1, 0.15) is 0 Å². The molecule has 0 spiro atoms. The number of nitrogens with zero attached hydrogens (tertiary/aromatic N) is 1. The van der Waals surface area contributed by atoms with Gasteiger partial charge in [0, 0.05) is 38.3 Å². The summed E-state index contributed by atoms with van der Waals surface area (Å²) < 4.78 is 5.21. The van der Waals surface area contributed by atoms with E-state index in [1.165, 1.54) is 5.56 Å². The molecule has 1 aromatic rings. The Morgan fingerprint density at radius 3 is 2.89 bits per heavy atom. The fraction of sp³-hybridized carbons (Fsp3) is 0.533. The molecule has 1 aliphatic heterocycles. The van der Waals surface area contributed by atoms with Gasteiger partial charge in [0.15, 0.2) is 0 Å². The van der Waals surface area contributed by atoms with Crippen LogP contribution in [0.1, 0.15) is 31.4 Å². The van der Waals surface area contributed by atoms with E-state index in [4.69, 9.17) is 4.74 Å². The van der Waals surface area contributed by atoms with Crippen molar-refractivity contribution in [3.63, 3.8) is 0 Å². The number of nitrogens with one attached hydrogen (secondary N) is 1. The number of amides is 1. The van der Waals surface area contributed by atoms with Crippen LogP contribution in [0.5, 0.6) is 0 Å². The van der Waals surface area contributed by atoms with Gasteiger partial charge in [-0.05, 0) is 18.1 Å². The van der Waals surface area contributed by atoms with Crippen LogP contribution < -0.4 is 10.2 Å². The topological polar surface area (TPSA) is 41.6 Å². The van der Waals surface area contributed by atoms with Gasteiger partial charge >= 0.3 is 0 Å². The lowest BCUT2D eigenvalue weighted by Crippen LogP contribution is -2.42. The summed E-state index contributed by atoms with van der Waals surface area (Å²) in [6, 6.07) is 8.44. The summed E-state index contributed by atoms with van der Waals surface area (Å²) >= 11 is 0. The molecule has 4 heteroatoms. The van der Waals surface area contributed by atoms with Crippen LogP contribution in [0.2, 0.25) is 0 Å². The Bertz CT molecular complexity index is 448. The molecule has 104 valence electrons. The van der Waals surface area contributed by atoms with Crippen molar-refractivity contribution in [2.45, 2.75) is 31.8 Å². The summed E-state index contributed by atoms with van der Waals surface area (Å²) in [7, 11) is 3.54. The number of carbonyl (C=O) groups excluding carboxylic acids is 1. The third-order valence-corrected chi connectivity index (χ3v) is 3.72. The highest BCUT2D eigenvalue weighted by Gasteiger charge is 2.29. The predicted octanol–water partition coefficient (Wildman–Crippen LogP) is 2.11. The molecule has 19 heavy (non-hydrogen) atoms. The van der Waals surface area contributed by atoms with E-state index < -0.39 is 0 Å². The van der Waals surface area contributed by atoms with E-state index in [-0.39, 0.29) is 18.0 Å². The van der Waals surface area contributed by atoms with E-state index in [1.807, 2.05) is 25.2 Å². The molecule has 2 rings (SSSR count). The van der Waals surface area contributed by atoms with Crippen molar-refractivity contribution in [3.05, 3.63) is 29.8 Å². The molecule has 2 atom stereocenters. The second-order valence-electron chi connectivity index (χ2n) is 5.00. The first-order valence-corrected chi connectivity index (χ1v) is 6.77. The number of hydrogen-bond acceptors (Lipinski definition) is 3. The van der Waals surface area contributed by atoms with Gasteiger partial charge in [0.25, 0.3) is 0 Å². The zero-order chi connectivity index (χ0) is 13.8. The van der Waals surface area contributed by atoms with Crippen LogP contribution in [0, 0.1) is 0 Å². The van der Waals surface area contributed by atoms with Gasteiger partial charge in [-0.3, -0.25) is 4.79 Å². The Morgan fingerprint density at radius 1 is 1.47 bits per heavy atom. The van der Waals surface area contributed by atoms with Gasteiger partial charge in [-0.15, -0.1) is 0 Å². The first-order chi connectivity index (χ1) is 9.17. The first kappa shape index (κ1) is 14.0. The zero-order valence-electron chi connectivity index (χ0n) is 11.8. The van der Waals surface area contributed by atoms with E-state index in [0.29, 0.717) is 13.0 Å². The quantitative estimate of drug-likeness (QED) is 0.883. The molecule has 1 heterocycles. The third kappa shape index (κ3) is 2.96. The average Bonchev–Trinajstić information content (AvgIpc) is 2.44. The number of anilines is 1. The van der Waals surface area contributed by atoms with Crippen molar-refractivity contribution in [2.75, 3.05) is 25.7 Å². The van der Waals surface area contributed by atoms with Gasteiger partial charge in [0.05, 0.1) is 6.61 Å². The van der Waals surface area contributed by atoms with Gasteiger partial charge < -0.3 is 15.0 Å². The molecule has 0 bridgehead atoms. The molecule has 1 N–H and O–H groups in total. The number of hydrogen-bond donors (Lipinski definition) is 1. The predicted molar refractivity (Wildman–Crippen MR) is 76.3 cm³/mol. The highest BCUT2D eigenvalue weighted by atomic mass is 16.5. The summed E-state index contributed by atoms with van der Waals surface area (Å²) in [6.45, 7) is 2.79. The number of methoxy groups -OCH3 is 1. The molecular formula is C15H22N2O2. The second-order valence-corrected chi connectivity index (χ2v) is 5.00. The smallest absolute Gasteiger partial charge is 0.228 e. The minimum absolute atomic E-state index is 0.0833. The minimum Gasteiger partial charge on any atom is -0.383 e. The maximum absolute atomic E-state index is 12.0. The van der Waals surface area contributed by atoms with Crippen molar-refractivity contribution >= 4 is 11.6 Å². The number of fused-ring (bicyclic) bond motifs is 1. The molecule has 0 saturated heterocycles. The second kappa shape index (κ2) is 6.17. The van der Waals surface area contributed by atoms with Gasteiger partial charge in [-0.25, -0.2) is 0 Å². The number of rotatable bonds is 5. The van der Waals surface area contributed by atoms with Crippen molar-refractivity contribution < 1.29 is 9.53 Å². The summed E-state index contributed by atoms with van der Waals surface area (Å²) in [5.74, 6) is 0.156. The number of carbonyl (C=O) groups is 1. The van der Waals surface area contributed by atoms with Crippen molar-refractivity contribution in [2.24, 2.45) is 0 Å². The maximum atomic E-state index is 12.0. The van der Waals surface area contributed by atoms with Crippen LogP contribution in [-0.4, -0.2) is 32.7 Å². The van der Waals surface area contributed by atoms with Crippen LogP contribution in [0.15, 0.2) is 24.3 Å². The molecular weight excluding hydrogens is 240 g/mol. The van der Waals surface area contributed by atoms with Gasteiger partial charge in [-0.2, -0.15) is 0 Å². The van der Waals surface area contributed by atoms with E-state index in [9.17, 15) is 4.79 Å². The van der Waals surface area contributed by atoms with Crippen molar-refractivity contribution in [1.82, 2.24) is 5.32 Å². The zero-order valence-corrected chi connectivity index (χ0v) is 11.8. The third-order valence-electron chi connectivity index (χ3n) is 3.72. The largest absolute Gasteiger partial charge is 0.383 e. The van der Waals surface area contributed by atoms with Crippen molar-refractivity contribution in [1.29, 1.82) is 0 Å². The maximum Gasteiger partial charge on any atom is 0.228 e. The molecule has 0 radical (unpaired) electrons. The first-order valence-electron chi connectivity index (χ1n) is 6.77. The van der Waals surface area contributed by atoms with Crippen LogP contribution in [0.25, 0.3) is 0 Å². The molecule has 0 aromatic heterocycles. The lowest BCUT2D eigenvalue weighted by atomic mass is 9.95. The van der Waals surface area contributed by atoms with Crippen LogP contribution in [-0.2, 0) is 9.53 Å². The highest BCUT2D eigenvalue weighted by Crippen LogP contribution is 2.33. The SMILES string of the molecule is CCC(COC)NC1CC(=O)N(C)c2ccccc21. The standard InChI is InChI=1S/C15H22N2O2/c1-4-11(10-19-3)16-13-9-15(18)17(2)14-8-6-5-7-12(13)14/h5-8,11,13,16H,4,9-10H2,1-3H3. The highest BCUT2D eigenvalue weighted by molar-refractivity contribution is 5.96. The Labute approximate surface area is 114 Å². The minimum atomic E-state index is 0.0833. The lowest BCUT2D eigenvalue weighted by molar-refractivity contribution is -0.119. The van der Waals surface area contributed by atoms with E-state index in [0.717, 1.165) is 12.1 Å². The molecule has 1 aliphatic rings. The Balaban J connectivity index is 2.22. The van der Waals surface area contributed by atoms with E-state index in [1.54, 1.807) is 12.0 Å². The average molecular weight is 262 g/mol. The molecule has 0 aliphatic carbocycles. The Kier molecular flexibility index (Phi) is 4.56. The monoisotopic (exact) mass is 262 g/mol. The van der Waals surface area contributed by atoms with Crippen LogP contribution in [0.3, 0.4) is 0 Å². The molecule has 1 aromatic carbocycles. The normalized spacial score (nSPS) is 20.3. The number of ether oxygens (including phenoxy) is 1. The lowest BCUT2D eigenvalue weighted by Gasteiger charge is -2.34. The Hall–Kier alpha value is -1.39. The Morgan fingerprint density at radius 2 is 2.21 bits per heavy atom. The van der Waals surface area contributed by atoms with Crippen molar-refractivity contribution in [3.8, 4) is 0 Å². The van der Waals surface area contributed by atoms with Gasteiger partial charge in [0.2, 0.25) is 5.91 Å². The van der Waals surface area contributed by atoms with E-state index >= 15 is 0 Å². The molecule has 2 unspecified atom stereocenters. The number of para-hydroxylation sites is 1. The fourth-order valence-corrected chi connectivity index (χ4v) is 2.56. The summed E-state index contributed by atoms with van der Waals surface area (Å²) in [4.78, 5) is 13.8. The summed E-state index contributed by atoms with van der Waals surface area (Å²) in [5, 5.41) is 3.54. The molecule has 0 fully saturated rings. The fourth-order valence-electron chi connectivity index (χ4n) is 2.56. The summed E-state index contributed by atoms with van der Waals surface area (Å²) in [5.41, 5.74) is 2.20. The van der Waals surface area contributed by atoms with Crippen LogP contribution >= 0.6 is 0 Å². The van der Waals surface area contributed by atoms with E-state index in [2.05, 4.69) is 18.3 Å². The van der Waals surface area contributed by atoms with Crippen LogP contribution in [0.4, 0.5) is 5.69 Å². The van der Waals surface area contributed by atoms with Gasteiger partial charge in [-0.1, -0.05) is 25.1 Å². The number of benzene rings is 1. The summed E-state index contributed by atoms with van der Waals surface area (Å²) in [6.07, 6.45) is 1.49. The molecule has 1 amide bonds. The molecule has 0 saturated carbocycles. The molecule has 4 nitrogen and oxygen atoms in total.